The number of rotatable bonds is 5. The van der Waals surface area contributed by atoms with Crippen LogP contribution >= 0.6 is 0 Å². The number of hydrogen-bond acceptors (Lipinski definition) is 5. The van der Waals surface area contributed by atoms with E-state index < -0.39 is 0 Å². The average molecular weight is 378 g/mol. The van der Waals surface area contributed by atoms with Crippen LogP contribution in [0.3, 0.4) is 0 Å². The Hall–Kier alpha value is -3.15. The number of nitrogens with one attached hydrogen (secondary N) is 1. The van der Waals surface area contributed by atoms with Gasteiger partial charge in [0.1, 0.15) is 11.7 Å². The van der Waals surface area contributed by atoms with Gasteiger partial charge in [-0.15, -0.1) is 6.58 Å². The molecule has 1 aromatic heterocycles. The first-order valence-corrected chi connectivity index (χ1v) is 9.16. The minimum absolute atomic E-state index is 0.234. The summed E-state index contributed by atoms with van der Waals surface area (Å²) in [5.74, 6) is 1.02. The number of aromatic amines is 1. The first-order valence-electron chi connectivity index (χ1n) is 9.16. The van der Waals surface area contributed by atoms with Crippen LogP contribution in [0, 0.1) is 0 Å². The maximum absolute atomic E-state index is 5.54. The number of methoxy groups -OCH3 is 2. The third-order valence-electron chi connectivity index (χ3n) is 4.78. The van der Waals surface area contributed by atoms with Crippen molar-refractivity contribution in [3.8, 4) is 0 Å². The zero-order valence-corrected chi connectivity index (χ0v) is 16.8. The Labute approximate surface area is 165 Å². The number of H-pyrrole nitrogens is 1. The Morgan fingerprint density at radius 2 is 1.93 bits per heavy atom. The molecule has 2 aromatic rings. The van der Waals surface area contributed by atoms with Crippen LogP contribution < -0.4 is 0 Å². The van der Waals surface area contributed by atoms with Crippen LogP contribution in [0.4, 0.5) is 0 Å². The molecule has 1 aliphatic rings. The minimum atomic E-state index is -0.258. The van der Waals surface area contributed by atoms with Crippen molar-refractivity contribution in [2.24, 2.45) is 9.98 Å². The summed E-state index contributed by atoms with van der Waals surface area (Å²) in [6, 6.07) is 9.90. The van der Waals surface area contributed by atoms with Crippen LogP contribution in [0.5, 0.6) is 0 Å². The van der Waals surface area contributed by atoms with Gasteiger partial charge < -0.3 is 14.5 Å². The fourth-order valence-electron chi connectivity index (χ4n) is 3.07. The van der Waals surface area contributed by atoms with Gasteiger partial charge in [0.15, 0.2) is 0 Å². The molecule has 1 aromatic carbocycles. The van der Waals surface area contributed by atoms with Crippen molar-refractivity contribution in [2.45, 2.75) is 31.7 Å². The smallest absolute Gasteiger partial charge is 0.236 e. The van der Waals surface area contributed by atoms with Gasteiger partial charge in [-0.05, 0) is 11.6 Å². The van der Waals surface area contributed by atoms with Crippen LogP contribution in [0.15, 0.2) is 65.0 Å². The van der Waals surface area contributed by atoms with E-state index in [2.05, 4.69) is 47.5 Å². The van der Waals surface area contributed by atoms with Crippen molar-refractivity contribution in [1.82, 2.24) is 9.97 Å². The van der Waals surface area contributed by atoms with Gasteiger partial charge in [0, 0.05) is 11.8 Å². The van der Waals surface area contributed by atoms with E-state index in [1.807, 2.05) is 30.4 Å². The highest BCUT2D eigenvalue weighted by Crippen LogP contribution is 2.27. The molecule has 1 aliphatic heterocycles. The lowest BCUT2D eigenvalue weighted by molar-refractivity contribution is 0.365. The predicted molar refractivity (Wildman–Crippen MR) is 113 cm³/mol. The normalized spacial score (nSPS) is 18.4. The van der Waals surface area contributed by atoms with Gasteiger partial charge in [0.2, 0.25) is 11.8 Å². The second kappa shape index (κ2) is 8.25. The predicted octanol–water partition coefficient (Wildman–Crippen LogP) is 3.93. The number of benzene rings is 1. The van der Waals surface area contributed by atoms with E-state index in [0.717, 1.165) is 17.0 Å². The first kappa shape index (κ1) is 19.6. The fraction of sp³-hybridized carbons (Fsp3) is 0.318. The van der Waals surface area contributed by atoms with Crippen molar-refractivity contribution >= 4 is 17.9 Å². The summed E-state index contributed by atoms with van der Waals surface area (Å²) in [6.07, 6.45) is 6.09. The maximum atomic E-state index is 5.54. The van der Waals surface area contributed by atoms with Crippen LogP contribution in [-0.4, -0.2) is 42.0 Å². The van der Waals surface area contributed by atoms with Crippen LogP contribution in [0.1, 0.15) is 30.8 Å². The number of ether oxygens (including phenoxy) is 2. The molecule has 28 heavy (non-hydrogen) atoms. The summed E-state index contributed by atoms with van der Waals surface area (Å²) in [4.78, 5) is 17.0. The summed E-state index contributed by atoms with van der Waals surface area (Å²) in [6.45, 7) is 8.06. The summed E-state index contributed by atoms with van der Waals surface area (Å²) >= 11 is 0. The van der Waals surface area contributed by atoms with Gasteiger partial charge >= 0.3 is 0 Å². The second-order valence-corrected chi connectivity index (χ2v) is 7.12. The molecule has 0 spiro atoms. The third-order valence-corrected chi connectivity index (χ3v) is 4.78. The molecule has 0 saturated heterocycles. The van der Waals surface area contributed by atoms with Gasteiger partial charge in [-0.3, -0.25) is 0 Å². The van der Waals surface area contributed by atoms with Gasteiger partial charge in [-0.25, -0.2) is 15.0 Å². The molecule has 0 amide bonds. The topological polar surface area (TPSA) is 71.9 Å². The van der Waals surface area contributed by atoms with E-state index in [1.54, 1.807) is 20.5 Å². The zero-order chi connectivity index (χ0) is 20.1. The minimum Gasteiger partial charge on any atom is -0.482 e. The van der Waals surface area contributed by atoms with E-state index in [4.69, 9.17) is 14.5 Å². The number of aliphatic imine (C=N–C) groups is 2. The lowest BCUT2D eigenvalue weighted by Crippen LogP contribution is -2.30. The highest BCUT2D eigenvalue weighted by molar-refractivity contribution is 6.04. The highest BCUT2D eigenvalue weighted by Gasteiger charge is 2.27. The monoisotopic (exact) mass is 378 g/mol. The Balaban J connectivity index is 1.96. The van der Waals surface area contributed by atoms with Crippen molar-refractivity contribution in [1.29, 1.82) is 0 Å². The molecule has 0 bridgehead atoms. The second-order valence-electron chi connectivity index (χ2n) is 7.12. The number of imidazole rings is 1. The average Bonchev–Trinajstić information content (AvgIpc) is 3.18. The van der Waals surface area contributed by atoms with E-state index in [-0.39, 0.29) is 11.5 Å². The summed E-state index contributed by atoms with van der Waals surface area (Å²) in [5, 5.41) is 0. The third kappa shape index (κ3) is 4.06. The maximum Gasteiger partial charge on any atom is 0.236 e. The molecule has 3 rings (SSSR count). The van der Waals surface area contributed by atoms with Gasteiger partial charge in [-0.1, -0.05) is 50.3 Å². The molecule has 6 heteroatoms. The number of aromatic nitrogens is 2. The van der Waals surface area contributed by atoms with Gasteiger partial charge in [0.25, 0.3) is 0 Å². The van der Waals surface area contributed by atoms with Gasteiger partial charge in [-0.2, -0.15) is 0 Å². The number of hydrogen-bond donors (Lipinski definition) is 1. The Morgan fingerprint density at radius 3 is 2.57 bits per heavy atom. The van der Waals surface area contributed by atoms with E-state index >= 15 is 0 Å². The van der Waals surface area contributed by atoms with Crippen molar-refractivity contribution in [3.05, 3.63) is 72.0 Å². The molecule has 1 N–H and O–H groups in total. The van der Waals surface area contributed by atoms with Crippen LogP contribution in [0.2, 0.25) is 0 Å². The Bertz CT molecular complexity index is 923. The molecule has 1 atom stereocenters. The molecular weight excluding hydrogens is 352 g/mol. The van der Waals surface area contributed by atoms with E-state index in [1.165, 1.54) is 0 Å². The van der Waals surface area contributed by atoms with Crippen molar-refractivity contribution in [2.75, 3.05) is 14.2 Å². The molecule has 6 nitrogen and oxygen atoms in total. The standard InChI is InChI=1S/C22H26N4O2/c1-6-22(2,3)19-16(23-14-24-19)13-18-21(28-5)25-17(20(26-18)27-4)12-15-10-8-7-9-11-15/h6-11,13-14,17H,1,12H2,2-5H3,(H,23,24). The summed E-state index contributed by atoms with van der Waals surface area (Å²) < 4.78 is 11.1. The van der Waals surface area contributed by atoms with E-state index in [0.29, 0.717) is 23.9 Å². The van der Waals surface area contributed by atoms with Crippen molar-refractivity contribution in [3.63, 3.8) is 0 Å². The zero-order valence-electron chi connectivity index (χ0n) is 16.8. The fourth-order valence-corrected chi connectivity index (χ4v) is 3.07. The largest absolute Gasteiger partial charge is 0.482 e. The lowest BCUT2D eigenvalue weighted by Gasteiger charge is -2.22. The molecule has 0 fully saturated rings. The van der Waals surface area contributed by atoms with Crippen LogP contribution in [0.25, 0.3) is 6.08 Å². The molecule has 0 radical (unpaired) electrons. The number of allylic oxidation sites excluding steroid dienone is 1. The van der Waals surface area contributed by atoms with Crippen LogP contribution in [-0.2, 0) is 21.3 Å². The molecule has 146 valence electrons. The van der Waals surface area contributed by atoms with Gasteiger partial charge in [0.05, 0.1) is 31.9 Å². The quantitative estimate of drug-likeness (QED) is 0.801. The molecule has 1 unspecified atom stereocenters. The van der Waals surface area contributed by atoms with E-state index in [9.17, 15) is 0 Å². The first-order chi connectivity index (χ1) is 13.5. The highest BCUT2D eigenvalue weighted by atomic mass is 16.5. The molecule has 0 aliphatic carbocycles. The van der Waals surface area contributed by atoms with Crippen molar-refractivity contribution < 1.29 is 9.47 Å². The summed E-state index contributed by atoms with van der Waals surface area (Å²) in [5.41, 5.74) is 3.20. The Morgan fingerprint density at radius 1 is 1.18 bits per heavy atom. The number of nitrogens with zero attached hydrogens (tertiary/aromatic N) is 3. The molecular formula is C22H26N4O2. The SMILES string of the molecule is C=CC(C)(C)c1[nH]cnc1C=C1N=C(OC)C(Cc2ccccc2)N=C1OC. The Kier molecular flexibility index (Phi) is 5.78. The molecule has 0 saturated carbocycles. The summed E-state index contributed by atoms with van der Waals surface area (Å²) in [7, 11) is 3.21. The molecule has 2 heterocycles. The lowest BCUT2D eigenvalue weighted by atomic mass is 9.88.